The second-order valence-corrected chi connectivity index (χ2v) is 8.86. The summed E-state index contributed by atoms with van der Waals surface area (Å²) in [5.74, 6) is 0.601. The largest absolute Gasteiger partial charge is 0.272 e. The number of hydrogen-bond donors (Lipinski definition) is 1. The number of fused-ring (bicyclic) bond motifs is 1. The lowest BCUT2D eigenvalue weighted by Crippen LogP contribution is -2.27. The number of amides is 1. The van der Waals surface area contributed by atoms with Gasteiger partial charge in [0.25, 0.3) is 5.91 Å². The molecule has 2 aromatic heterocycles. The van der Waals surface area contributed by atoms with Crippen molar-refractivity contribution < 1.29 is 4.79 Å². The van der Waals surface area contributed by atoms with Gasteiger partial charge in [0.15, 0.2) is 0 Å². The van der Waals surface area contributed by atoms with Crippen LogP contribution in [0.5, 0.6) is 0 Å². The topological polar surface area (TPSA) is 41.5 Å². The third-order valence-corrected chi connectivity index (χ3v) is 6.30. The van der Waals surface area contributed by atoms with Gasteiger partial charge in [0.1, 0.15) is 0 Å². The van der Waals surface area contributed by atoms with Crippen molar-refractivity contribution in [2.24, 2.45) is 16.4 Å². The second-order valence-electron chi connectivity index (χ2n) is 7.11. The number of thiophene rings is 2. The molecule has 3 rings (SSSR count). The van der Waals surface area contributed by atoms with Gasteiger partial charge in [-0.15, -0.1) is 11.3 Å². The molecule has 122 valence electrons. The summed E-state index contributed by atoms with van der Waals surface area (Å²) in [7, 11) is 0. The first-order chi connectivity index (χ1) is 10.9. The normalized spacial score (nSPS) is 18.1. The quantitative estimate of drug-likeness (QED) is 0.634. The van der Waals surface area contributed by atoms with Crippen molar-refractivity contribution >= 4 is 34.8 Å². The predicted octanol–water partition coefficient (Wildman–Crippen LogP) is 4.72. The molecule has 0 radical (unpaired) electrons. The smallest absolute Gasteiger partial charge is 0.267 e. The van der Waals surface area contributed by atoms with Crippen LogP contribution in [0.1, 0.15) is 53.6 Å². The van der Waals surface area contributed by atoms with E-state index in [4.69, 9.17) is 0 Å². The Kier molecular flexibility index (Phi) is 4.69. The van der Waals surface area contributed by atoms with Crippen LogP contribution in [-0.2, 0) is 12.8 Å². The van der Waals surface area contributed by atoms with Crippen molar-refractivity contribution in [1.82, 2.24) is 5.43 Å². The molecule has 3 nitrogen and oxygen atoms in total. The van der Waals surface area contributed by atoms with Crippen molar-refractivity contribution in [3.8, 4) is 0 Å². The van der Waals surface area contributed by atoms with E-state index < -0.39 is 0 Å². The van der Waals surface area contributed by atoms with E-state index in [1.54, 1.807) is 28.9 Å². The van der Waals surface area contributed by atoms with Crippen LogP contribution in [0.3, 0.4) is 0 Å². The van der Waals surface area contributed by atoms with Crippen LogP contribution in [0.15, 0.2) is 27.3 Å². The van der Waals surface area contributed by atoms with E-state index >= 15 is 0 Å². The van der Waals surface area contributed by atoms with E-state index in [9.17, 15) is 4.79 Å². The van der Waals surface area contributed by atoms with Crippen molar-refractivity contribution in [2.45, 2.75) is 40.0 Å². The van der Waals surface area contributed by atoms with Gasteiger partial charge in [0, 0.05) is 15.8 Å². The van der Waals surface area contributed by atoms with Gasteiger partial charge in [-0.2, -0.15) is 16.4 Å². The lowest BCUT2D eigenvalue weighted by molar-refractivity contribution is 0.0954. The minimum absolute atomic E-state index is 0.0943. The SMILES string of the molecule is CC(C)(C)C1CCc2c(C(=O)N/N=C\c3ccsc3)csc2C1. The monoisotopic (exact) mass is 346 g/mol. The number of rotatable bonds is 3. The molecule has 0 fully saturated rings. The van der Waals surface area contributed by atoms with Gasteiger partial charge in [-0.1, -0.05) is 20.8 Å². The van der Waals surface area contributed by atoms with Crippen molar-refractivity contribution in [3.05, 3.63) is 43.8 Å². The number of hydrazone groups is 1. The molecule has 0 saturated heterocycles. The minimum atomic E-state index is -0.0943. The zero-order valence-electron chi connectivity index (χ0n) is 13.8. The van der Waals surface area contributed by atoms with Crippen LogP contribution in [0, 0.1) is 11.3 Å². The summed E-state index contributed by atoms with van der Waals surface area (Å²) in [5.41, 5.74) is 6.04. The highest BCUT2D eigenvalue weighted by Gasteiger charge is 2.31. The Morgan fingerprint density at radius 1 is 1.39 bits per heavy atom. The van der Waals surface area contributed by atoms with Crippen LogP contribution in [0.2, 0.25) is 0 Å². The first-order valence-electron chi connectivity index (χ1n) is 7.90. The number of carbonyl (C=O) groups excluding carboxylic acids is 1. The summed E-state index contributed by atoms with van der Waals surface area (Å²) in [4.78, 5) is 13.7. The average molecular weight is 347 g/mol. The molecule has 23 heavy (non-hydrogen) atoms. The van der Waals surface area contributed by atoms with Crippen LogP contribution < -0.4 is 5.43 Å². The Labute approximate surface area is 145 Å². The van der Waals surface area contributed by atoms with E-state index in [1.807, 2.05) is 22.2 Å². The summed E-state index contributed by atoms with van der Waals surface area (Å²) < 4.78 is 0. The summed E-state index contributed by atoms with van der Waals surface area (Å²) in [6, 6.07) is 1.97. The lowest BCUT2D eigenvalue weighted by atomic mass is 9.72. The maximum atomic E-state index is 12.4. The zero-order chi connectivity index (χ0) is 16.4. The first kappa shape index (κ1) is 16.4. The Morgan fingerprint density at radius 2 is 2.22 bits per heavy atom. The van der Waals surface area contributed by atoms with Gasteiger partial charge in [-0.3, -0.25) is 4.79 Å². The standard InChI is InChI=1S/C18H22N2OS2/c1-18(2,3)13-4-5-14-15(11-23-16(14)8-13)17(21)20-19-9-12-6-7-22-10-12/h6-7,9-11,13H,4-5,8H2,1-3H3,(H,20,21)/b19-9-. The van der Waals surface area contributed by atoms with E-state index in [0.717, 1.165) is 30.4 Å². The molecule has 2 aromatic rings. The maximum absolute atomic E-state index is 12.4. The predicted molar refractivity (Wildman–Crippen MR) is 98.7 cm³/mol. The Balaban J connectivity index is 1.68. The molecule has 0 spiro atoms. The summed E-state index contributed by atoms with van der Waals surface area (Å²) in [6.07, 6.45) is 4.93. The van der Waals surface area contributed by atoms with Gasteiger partial charge in [-0.25, -0.2) is 5.43 Å². The molecule has 1 amide bonds. The number of nitrogens with one attached hydrogen (secondary N) is 1. The molecule has 0 bridgehead atoms. The van der Waals surface area contributed by atoms with Gasteiger partial charge in [0.2, 0.25) is 0 Å². The molecular formula is C18H22N2OS2. The number of carbonyl (C=O) groups is 1. The van der Waals surface area contributed by atoms with Crippen LogP contribution in [-0.4, -0.2) is 12.1 Å². The minimum Gasteiger partial charge on any atom is -0.267 e. The third kappa shape index (κ3) is 3.72. The molecule has 0 saturated carbocycles. The summed E-state index contributed by atoms with van der Waals surface area (Å²) >= 11 is 3.33. The molecule has 0 aliphatic heterocycles. The number of hydrogen-bond acceptors (Lipinski definition) is 4. The van der Waals surface area contributed by atoms with Crippen LogP contribution in [0.25, 0.3) is 0 Å². The molecule has 2 heterocycles. The molecule has 5 heteroatoms. The highest BCUT2D eigenvalue weighted by atomic mass is 32.1. The molecule has 1 unspecified atom stereocenters. The van der Waals surface area contributed by atoms with Crippen LogP contribution in [0.4, 0.5) is 0 Å². The Hall–Kier alpha value is -1.46. The first-order valence-corrected chi connectivity index (χ1v) is 9.72. The Bertz CT molecular complexity index is 708. The highest BCUT2D eigenvalue weighted by Crippen LogP contribution is 2.40. The van der Waals surface area contributed by atoms with Gasteiger partial charge < -0.3 is 0 Å². The van der Waals surface area contributed by atoms with Gasteiger partial charge >= 0.3 is 0 Å². The summed E-state index contributed by atoms with van der Waals surface area (Å²) in [5, 5.41) is 10.0. The van der Waals surface area contributed by atoms with E-state index in [-0.39, 0.29) is 5.91 Å². The fourth-order valence-electron chi connectivity index (χ4n) is 3.02. The molecule has 1 aliphatic carbocycles. The van der Waals surface area contributed by atoms with Gasteiger partial charge in [-0.05, 0) is 53.0 Å². The van der Waals surface area contributed by atoms with E-state index in [1.165, 1.54) is 10.4 Å². The number of nitrogens with zero attached hydrogens (tertiary/aromatic N) is 1. The Morgan fingerprint density at radius 3 is 2.91 bits per heavy atom. The second kappa shape index (κ2) is 6.57. The molecule has 1 N–H and O–H groups in total. The van der Waals surface area contributed by atoms with Crippen molar-refractivity contribution in [3.63, 3.8) is 0 Å². The van der Waals surface area contributed by atoms with E-state index in [2.05, 4.69) is 31.3 Å². The zero-order valence-corrected chi connectivity index (χ0v) is 15.4. The fourth-order valence-corrected chi connectivity index (χ4v) is 4.79. The average Bonchev–Trinajstić information content (AvgIpc) is 3.14. The fraction of sp³-hybridized carbons (Fsp3) is 0.444. The molecular weight excluding hydrogens is 324 g/mol. The van der Waals surface area contributed by atoms with E-state index in [0.29, 0.717) is 11.3 Å². The molecule has 1 aliphatic rings. The third-order valence-electron chi connectivity index (χ3n) is 4.55. The van der Waals surface area contributed by atoms with Crippen molar-refractivity contribution in [2.75, 3.05) is 0 Å². The maximum Gasteiger partial charge on any atom is 0.272 e. The van der Waals surface area contributed by atoms with Crippen LogP contribution >= 0.6 is 22.7 Å². The van der Waals surface area contributed by atoms with Crippen molar-refractivity contribution in [1.29, 1.82) is 0 Å². The summed E-state index contributed by atoms with van der Waals surface area (Å²) in [6.45, 7) is 6.93. The molecule has 0 aromatic carbocycles. The van der Waals surface area contributed by atoms with Gasteiger partial charge in [0.05, 0.1) is 11.8 Å². The molecule has 1 atom stereocenters. The lowest BCUT2D eigenvalue weighted by Gasteiger charge is -2.33. The highest BCUT2D eigenvalue weighted by molar-refractivity contribution is 7.10.